The molecule has 0 saturated carbocycles. The van der Waals surface area contributed by atoms with Crippen LogP contribution in [0.3, 0.4) is 0 Å². The molecule has 1 aromatic rings. The molecule has 3 heterocycles. The Morgan fingerprint density at radius 1 is 1.50 bits per heavy atom. The van der Waals surface area contributed by atoms with Crippen molar-refractivity contribution in [2.75, 3.05) is 13.1 Å². The molecule has 0 aromatic carbocycles. The summed E-state index contributed by atoms with van der Waals surface area (Å²) in [6.07, 6.45) is 0. The number of thioether (sulfide) groups is 1. The maximum absolute atomic E-state index is 4.44. The zero-order chi connectivity index (χ0) is 9.54. The molecule has 14 heavy (non-hydrogen) atoms. The average molecular weight is 222 g/mol. The van der Waals surface area contributed by atoms with Crippen LogP contribution in [-0.4, -0.2) is 23.2 Å². The van der Waals surface area contributed by atoms with Crippen LogP contribution in [0.15, 0.2) is 21.8 Å². The van der Waals surface area contributed by atoms with Crippen LogP contribution in [0, 0.1) is 6.92 Å². The van der Waals surface area contributed by atoms with Gasteiger partial charge in [0.25, 0.3) is 0 Å². The van der Waals surface area contributed by atoms with Gasteiger partial charge < -0.3 is 4.90 Å². The van der Waals surface area contributed by atoms with E-state index in [9.17, 15) is 0 Å². The van der Waals surface area contributed by atoms with Crippen LogP contribution in [0.1, 0.15) is 10.4 Å². The molecule has 0 aliphatic carbocycles. The first-order valence-electron chi connectivity index (χ1n) is 4.59. The van der Waals surface area contributed by atoms with E-state index >= 15 is 0 Å². The van der Waals surface area contributed by atoms with Crippen molar-refractivity contribution in [3.63, 3.8) is 0 Å². The van der Waals surface area contributed by atoms with Crippen molar-refractivity contribution in [1.82, 2.24) is 4.90 Å². The lowest BCUT2D eigenvalue weighted by Gasteiger charge is -2.14. The van der Waals surface area contributed by atoms with Gasteiger partial charge in [-0.05, 0) is 23.9 Å². The van der Waals surface area contributed by atoms with Gasteiger partial charge in [0.15, 0.2) is 5.17 Å². The smallest absolute Gasteiger partial charge is 0.168 e. The summed E-state index contributed by atoms with van der Waals surface area (Å²) in [6.45, 7) is 4.14. The fourth-order valence-electron chi connectivity index (χ4n) is 1.68. The highest BCUT2D eigenvalue weighted by atomic mass is 32.2. The van der Waals surface area contributed by atoms with Crippen LogP contribution < -0.4 is 0 Å². The molecule has 0 unspecified atom stereocenters. The number of fused-ring (bicyclic) bond motifs is 1. The van der Waals surface area contributed by atoms with Crippen LogP contribution in [0.25, 0.3) is 5.70 Å². The van der Waals surface area contributed by atoms with E-state index in [0.29, 0.717) is 0 Å². The zero-order valence-electron chi connectivity index (χ0n) is 7.86. The second-order valence-electron chi connectivity index (χ2n) is 3.43. The monoisotopic (exact) mass is 222 g/mol. The van der Waals surface area contributed by atoms with Crippen LogP contribution in [0.2, 0.25) is 0 Å². The number of aryl methyl sites for hydroxylation is 1. The number of amidine groups is 1. The van der Waals surface area contributed by atoms with Gasteiger partial charge in [0.1, 0.15) is 0 Å². The van der Waals surface area contributed by atoms with E-state index in [2.05, 4.69) is 33.7 Å². The maximum Gasteiger partial charge on any atom is 0.168 e. The lowest BCUT2D eigenvalue weighted by atomic mass is 10.3. The second-order valence-corrected chi connectivity index (χ2v) is 5.17. The normalized spacial score (nSPS) is 19.6. The average Bonchev–Trinajstić information content (AvgIpc) is 2.77. The molecule has 0 spiro atoms. The Balaban J connectivity index is 1.97. The Morgan fingerprint density at radius 3 is 3.21 bits per heavy atom. The Morgan fingerprint density at radius 2 is 2.43 bits per heavy atom. The van der Waals surface area contributed by atoms with Crippen molar-refractivity contribution in [2.24, 2.45) is 4.99 Å². The molecule has 3 rings (SSSR count). The van der Waals surface area contributed by atoms with E-state index in [1.54, 1.807) is 11.8 Å². The molecular weight excluding hydrogens is 212 g/mol. The van der Waals surface area contributed by atoms with Crippen molar-refractivity contribution in [3.05, 3.63) is 27.3 Å². The number of thiophene rings is 1. The van der Waals surface area contributed by atoms with Gasteiger partial charge in [-0.25, -0.2) is 0 Å². The van der Waals surface area contributed by atoms with E-state index in [1.807, 2.05) is 11.3 Å². The van der Waals surface area contributed by atoms with Crippen LogP contribution in [0.5, 0.6) is 0 Å². The number of hydrogen-bond donors (Lipinski definition) is 0. The van der Waals surface area contributed by atoms with E-state index in [-0.39, 0.29) is 0 Å². The van der Waals surface area contributed by atoms with Gasteiger partial charge in [-0.15, -0.1) is 11.3 Å². The lowest BCUT2D eigenvalue weighted by molar-refractivity contribution is 0.651. The van der Waals surface area contributed by atoms with Gasteiger partial charge in [-0.3, -0.25) is 4.99 Å². The lowest BCUT2D eigenvalue weighted by Crippen LogP contribution is -2.19. The number of rotatable bonds is 1. The Bertz CT molecular complexity index is 431. The highest BCUT2D eigenvalue weighted by Gasteiger charge is 2.27. The van der Waals surface area contributed by atoms with E-state index in [1.165, 1.54) is 21.3 Å². The van der Waals surface area contributed by atoms with Gasteiger partial charge in [0.05, 0.1) is 17.1 Å². The van der Waals surface area contributed by atoms with Gasteiger partial charge in [0, 0.05) is 12.0 Å². The summed E-state index contributed by atoms with van der Waals surface area (Å²) in [5.41, 5.74) is 2.69. The van der Waals surface area contributed by atoms with Gasteiger partial charge in [-0.1, -0.05) is 11.8 Å². The predicted octanol–water partition coefficient (Wildman–Crippen LogP) is 2.77. The molecule has 2 nitrogen and oxygen atoms in total. The third-order valence-corrected chi connectivity index (χ3v) is 4.32. The molecule has 0 fully saturated rings. The highest BCUT2D eigenvalue weighted by molar-refractivity contribution is 8.16. The minimum absolute atomic E-state index is 0.948. The Kier molecular flexibility index (Phi) is 1.92. The summed E-state index contributed by atoms with van der Waals surface area (Å²) in [7, 11) is 0. The fourth-order valence-corrected chi connectivity index (χ4v) is 3.63. The third-order valence-electron chi connectivity index (χ3n) is 2.35. The maximum atomic E-state index is 4.44. The van der Waals surface area contributed by atoms with Crippen LogP contribution in [0.4, 0.5) is 0 Å². The topological polar surface area (TPSA) is 15.6 Å². The van der Waals surface area contributed by atoms with E-state index in [4.69, 9.17) is 0 Å². The van der Waals surface area contributed by atoms with Crippen LogP contribution in [-0.2, 0) is 0 Å². The van der Waals surface area contributed by atoms with Gasteiger partial charge in [0.2, 0.25) is 0 Å². The SMILES string of the molecule is Cc1csc(C2=CSC3=NCCN23)c1. The molecule has 0 atom stereocenters. The Labute approximate surface area is 91.3 Å². The second kappa shape index (κ2) is 3.14. The quantitative estimate of drug-likeness (QED) is 0.726. The standard InChI is InChI=1S/C10H10N2S2/c1-7-4-9(13-5-7)8-6-14-10-11-2-3-12(8)10/h4-6H,2-3H2,1H3. The van der Waals surface area contributed by atoms with E-state index < -0.39 is 0 Å². The molecule has 0 bridgehead atoms. The first kappa shape index (κ1) is 8.56. The summed E-state index contributed by atoms with van der Waals surface area (Å²) in [6, 6.07) is 2.25. The van der Waals surface area contributed by atoms with Crippen LogP contribution >= 0.6 is 23.1 Å². The van der Waals surface area contributed by atoms with Crippen molar-refractivity contribution < 1.29 is 0 Å². The Hall–Kier alpha value is -0.740. The summed E-state index contributed by atoms with van der Waals surface area (Å²) in [5.74, 6) is 0. The van der Waals surface area contributed by atoms with Crippen molar-refractivity contribution >= 4 is 34.0 Å². The summed E-state index contributed by atoms with van der Waals surface area (Å²) < 4.78 is 0. The molecule has 2 aliphatic rings. The minimum atomic E-state index is 0.948. The van der Waals surface area contributed by atoms with E-state index in [0.717, 1.165) is 13.1 Å². The largest absolute Gasteiger partial charge is 0.317 e. The minimum Gasteiger partial charge on any atom is -0.317 e. The zero-order valence-corrected chi connectivity index (χ0v) is 9.49. The number of nitrogens with zero attached hydrogens (tertiary/aromatic N) is 2. The van der Waals surface area contributed by atoms with Crippen molar-refractivity contribution in [1.29, 1.82) is 0 Å². The molecule has 0 N–H and O–H groups in total. The first-order chi connectivity index (χ1) is 6.84. The molecule has 4 heteroatoms. The fraction of sp³-hybridized carbons (Fsp3) is 0.300. The molecule has 2 aliphatic heterocycles. The molecule has 1 aromatic heterocycles. The van der Waals surface area contributed by atoms with Crippen molar-refractivity contribution in [3.8, 4) is 0 Å². The molecule has 0 saturated heterocycles. The molecule has 72 valence electrons. The van der Waals surface area contributed by atoms with Gasteiger partial charge >= 0.3 is 0 Å². The molecule has 0 amide bonds. The highest BCUT2D eigenvalue weighted by Crippen LogP contribution is 2.37. The van der Waals surface area contributed by atoms with Crippen molar-refractivity contribution in [2.45, 2.75) is 6.92 Å². The number of aliphatic imine (C=N–C) groups is 1. The summed E-state index contributed by atoms with van der Waals surface area (Å²) >= 11 is 3.56. The number of hydrogen-bond acceptors (Lipinski definition) is 4. The van der Waals surface area contributed by atoms with Gasteiger partial charge in [-0.2, -0.15) is 0 Å². The molecule has 0 radical (unpaired) electrons. The first-order valence-corrected chi connectivity index (χ1v) is 6.35. The molecular formula is C10H10N2S2. The summed E-state index contributed by atoms with van der Waals surface area (Å²) in [4.78, 5) is 8.12. The predicted molar refractivity (Wildman–Crippen MR) is 63.6 cm³/mol. The summed E-state index contributed by atoms with van der Waals surface area (Å²) in [5, 5.41) is 5.58. The third kappa shape index (κ3) is 1.21.